The summed E-state index contributed by atoms with van der Waals surface area (Å²) in [7, 11) is 0. The van der Waals surface area contributed by atoms with Crippen molar-refractivity contribution in [1.29, 1.82) is 0 Å². The molecule has 0 saturated heterocycles. The first kappa shape index (κ1) is 14.5. The number of nitrogens with zero attached hydrogens (tertiary/aromatic N) is 1. The molecule has 0 radical (unpaired) electrons. The number of halogens is 1. The largest absolute Gasteiger partial charge is 0.494 e. The number of rotatable bonds is 6. The maximum absolute atomic E-state index is 13.9. The highest BCUT2D eigenvalue weighted by molar-refractivity contribution is 5.35. The number of hydrogen-bond donors (Lipinski definition) is 1. The van der Waals surface area contributed by atoms with Gasteiger partial charge in [0.1, 0.15) is 11.6 Å². The zero-order valence-electron chi connectivity index (χ0n) is 11.8. The van der Waals surface area contributed by atoms with Gasteiger partial charge in [-0.3, -0.25) is 4.98 Å². The van der Waals surface area contributed by atoms with E-state index in [1.54, 1.807) is 12.3 Å². The molecule has 4 heteroatoms. The lowest BCUT2D eigenvalue weighted by atomic mass is 9.99. The molecule has 1 aromatic carbocycles. The lowest BCUT2D eigenvalue weighted by Gasteiger charge is -2.19. The quantitative estimate of drug-likeness (QED) is 0.877. The van der Waals surface area contributed by atoms with Crippen molar-refractivity contribution < 1.29 is 9.13 Å². The summed E-state index contributed by atoms with van der Waals surface area (Å²) in [6.07, 6.45) is 2.85. The molecule has 1 heterocycles. The molecule has 0 amide bonds. The number of pyridine rings is 1. The Morgan fingerprint density at radius 2 is 1.95 bits per heavy atom. The van der Waals surface area contributed by atoms with Crippen LogP contribution in [0.5, 0.6) is 5.75 Å². The van der Waals surface area contributed by atoms with Crippen LogP contribution in [0.25, 0.3) is 0 Å². The molecule has 20 heavy (non-hydrogen) atoms. The first-order chi connectivity index (χ1) is 9.76. The zero-order chi connectivity index (χ0) is 14.4. The zero-order valence-corrected chi connectivity index (χ0v) is 11.8. The summed E-state index contributed by atoms with van der Waals surface area (Å²) < 4.78 is 19.3. The van der Waals surface area contributed by atoms with Crippen LogP contribution in [0.2, 0.25) is 0 Å². The Kier molecular flexibility index (Phi) is 5.07. The topological polar surface area (TPSA) is 34.1 Å². The maximum atomic E-state index is 13.9. The summed E-state index contributed by atoms with van der Waals surface area (Å²) in [5.74, 6) is 0.522. The standard InChI is InChI=1S/C16H19FN2O/c1-3-19-16(14-9-10-18-11-15(14)17)12-5-7-13(8-6-12)20-4-2/h5-11,16,19H,3-4H2,1-2H3. The molecule has 1 N–H and O–H groups in total. The van der Waals surface area contributed by atoms with Crippen molar-refractivity contribution in [3.8, 4) is 5.75 Å². The van der Waals surface area contributed by atoms with E-state index in [-0.39, 0.29) is 11.9 Å². The fraction of sp³-hybridized carbons (Fsp3) is 0.312. The van der Waals surface area contributed by atoms with Gasteiger partial charge in [-0.2, -0.15) is 0 Å². The number of hydrogen-bond acceptors (Lipinski definition) is 3. The van der Waals surface area contributed by atoms with Crippen LogP contribution in [0, 0.1) is 5.82 Å². The predicted octanol–water partition coefficient (Wildman–Crippen LogP) is 3.32. The van der Waals surface area contributed by atoms with Crippen LogP contribution >= 0.6 is 0 Å². The highest BCUT2D eigenvalue weighted by Crippen LogP contribution is 2.25. The Bertz CT molecular complexity index is 542. The van der Waals surface area contributed by atoms with Gasteiger partial charge in [0.15, 0.2) is 0 Å². The van der Waals surface area contributed by atoms with Crippen molar-refractivity contribution in [3.63, 3.8) is 0 Å². The number of ether oxygens (including phenoxy) is 1. The van der Waals surface area contributed by atoms with Crippen molar-refractivity contribution in [2.24, 2.45) is 0 Å². The molecule has 0 spiro atoms. The third kappa shape index (κ3) is 3.33. The van der Waals surface area contributed by atoms with Crippen LogP contribution < -0.4 is 10.1 Å². The van der Waals surface area contributed by atoms with E-state index in [1.165, 1.54) is 6.20 Å². The Morgan fingerprint density at radius 1 is 1.20 bits per heavy atom. The van der Waals surface area contributed by atoms with E-state index in [1.807, 2.05) is 38.1 Å². The van der Waals surface area contributed by atoms with Crippen molar-refractivity contribution in [1.82, 2.24) is 10.3 Å². The van der Waals surface area contributed by atoms with Crippen LogP contribution in [-0.4, -0.2) is 18.1 Å². The maximum Gasteiger partial charge on any atom is 0.146 e. The van der Waals surface area contributed by atoms with Gasteiger partial charge in [0.25, 0.3) is 0 Å². The molecule has 0 aliphatic rings. The van der Waals surface area contributed by atoms with Gasteiger partial charge >= 0.3 is 0 Å². The molecule has 2 aromatic rings. The first-order valence-corrected chi connectivity index (χ1v) is 6.81. The minimum Gasteiger partial charge on any atom is -0.494 e. The minimum absolute atomic E-state index is 0.182. The van der Waals surface area contributed by atoms with Gasteiger partial charge in [-0.05, 0) is 37.2 Å². The normalized spacial score (nSPS) is 12.2. The SMILES string of the molecule is CCNC(c1ccc(OCC)cc1)c1ccncc1F. The van der Waals surface area contributed by atoms with Gasteiger partial charge in [-0.25, -0.2) is 4.39 Å². The summed E-state index contributed by atoms with van der Waals surface area (Å²) >= 11 is 0. The third-order valence-electron chi connectivity index (χ3n) is 3.05. The highest BCUT2D eigenvalue weighted by atomic mass is 19.1. The summed E-state index contributed by atoms with van der Waals surface area (Å²) in [5.41, 5.74) is 1.60. The lowest BCUT2D eigenvalue weighted by molar-refractivity contribution is 0.340. The molecule has 106 valence electrons. The molecule has 1 unspecified atom stereocenters. The second-order valence-electron chi connectivity index (χ2n) is 4.39. The van der Waals surface area contributed by atoms with E-state index in [2.05, 4.69) is 10.3 Å². The molecule has 0 aliphatic carbocycles. The average Bonchev–Trinajstić information content (AvgIpc) is 2.47. The molecular weight excluding hydrogens is 255 g/mol. The van der Waals surface area contributed by atoms with E-state index < -0.39 is 0 Å². The Hall–Kier alpha value is -1.94. The van der Waals surface area contributed by atoms with Crippen LogP contribution in [0.15, 0.2) is 42.7 Å². The van der Waals surface area contributed by atoms with Crippen molar-refractivity contribution >= 4 is 0 Å². The van der Waals surface area contributed by atoms with Crippen molar-refractivity contribution in [2.75, 3.05) is 13.2 Å². The molecule has 0 bridgehead atoms. The van der Waals surface area contributed by atoms with Gasteiger partial charge in [0.2, 0.25) is 0 Å². The second-order valence-corrected chi connectivity index (χ2v) is 4.39. The van der Waals surface area contributed by atoms with Gasteiger partial charge in [-0.1, -0.05) is 19.1 Å². The van der Waals surface area contributed by atoms with E-state index in [0.717, 1.165) is 17.9 Å². The molecule has 2 rings (SSSR count). The van der Waals surface area contributed by atoms with E-state index in [4.69, 9.17) is 4.74 Å². The van der Waals surface area contributed by atoms with Gasteiger partial charge in [0.05, 0.1) is 18.8 Å². The van der Waals surface area contributed by atoms with E-state index in [9.17, 15) is 4.39 Å². The van der Waals surface area contributed by atoms with Gasteiger partial charge in [0, 0.05) is 11.8 Å². The van der Waals surface area contributed by atoms with Crippen LogP contribution in [-0.2, 0) is 0 Å². The predicted molar refractivity (Wildman–Crippen MR) is 77.3 cm³/mol. The molecule has 0 saturated carbocycles. The lowest BCUT2D eigenvalue weighted by Crippen LogP contribution is -2.23. The summed E-state index contributed by atoms with van der Waals surface area (Å²) in [5, 5.41) is 3.30. The molecule has 3 nitrogen and oxygen atoms in total. The summed E-state index contributed by atoms with van der Waals surface area (Å²) in [6.45, 7) is 5.33. The van der Waals surface area contributed by atoms with E-state index in [0.29, 0.717) is 12.2 Å². The van der Waals surface area contributed by atoms with E-state index >= 15 is 0 Å². The van der Waals surface area contributed by atoms with Crippen LogP contribution in [0.4, 0.5) is 4.39 Å². The minimum atomic E-state index is -0.299. The number of aromatic nitrogens is 1. The Balaban J connectivity index is 2.31. The fourth-order valence-electron chi connectivity index (χ4n) is 2.15. The monoisotopic (exact) mass is 274 g/mol. The molecular formula is C16H19FN2O. The van der Waals surface area contributed by atoms with Crippen molar-refractivity contribution in [2.45, 2.75) is 19.9 Å². The molecule has 0 aliphatic heterocycles. The second kappa shape index (κ2) is 7.01. The van der Waals surface area contributed by atoms with Crippen LogP contribution in [0.3, 0.4) is 0 Å². The molecule has 1 aromatic heterocycles. The fourth-order valence-corrected chi connectivity index (χ4v) is 2.15. The smallest absolute Gasteiger partial charge is 0.146 e. The molecule has 1 atom stereocenters. The highest BCUT2D eigenvalue weighted by Gasteiger charge is 2.16. The summed E-state index contributed by atoms with van der Waals surface area (Å²) in [4.78, 5) is 3.80. The van der Waals surface area contributed by atoms with Gasteiger partial charge in [-0.15, -0.1) is 0 Å². The van der Waals surface area contributed by atoms with Gasteiger partial charge < -0.3 is 10.1 Å². The first-order valence-electron chi connectivity index (χ1n) is 6.81. The van der Waals surface area contributed by atoms with Crippen molar-refractivity contribution in [3.05, 3.63) is 59.7 Å². The number of nitrogens with one attached hydrogen (secondary N) is 1. The summed E-state index contributed by atoms with van der Waals surface area (Å²) in [6, 6.07) is 9.25. The van der Waals surface area contributed by atoms with Crippen LogP contribution in [0.1, 0.15) is 31.0 Å². The Labute approximate surface area is 118 Å². The average molecular weight is 274 g/mol. The molecule has 0 fully saturated rings. The number of benzene rings is 1. The third-order valence-corrected chi connectivity index (χ3v) is 3.05. The Morgan fingerprint density at radius 3 is 2.55 bits per heavy atom.